The largest absolute Gasteiger partial charge is 0.356 e. The van der Waals surface area contributed by atoms with E-state index in [-0.39, 0.29) is 18.4 Å². The SMILES string of the molecule is Cc1ccc(CCCNC(=O)[C@H]2CCCN(S(=O)(=O)N(C)C)C2)cc1. The highest BCUT2D eigenvalue weighted by molar-refractivity contribution is 7.86. The molecular formula is C18H29N3O3S. The Morgan fingerprint density at radius 2 is 1.96 bits per heavy atom. The minimum Gasteiger partial charge on any atom is -0.356 e. The zero-order valence-corrected chi connectivity index (χ0v) is 16.2. The maximum absolute atomic E-state index is 12.4. The fourth-order valence-corrected chi connectivity index (χ4v) is 4.19. The molecule has 1 heterocycles. The molecule has 6 nitrogen and oxygen atoms in total. The van der Waals surface area contributed by atoms with Crippen LogP contribution in [0.2, 0.25) is 0 Å². The van der Waals surface area contributed by atoms with Gasteiger partial charge in [0, 0.05) is 33.7 Å². The molecule has 0 aromatic heterocycles. The summed E-state index contributed by atoms with van der Waals surface area (Å²) in [5.41, 5.74) is 2.51. The molecule has 1 saturated heterocycles. The van der Waals surface area contributed by atoms with Crippen LogP contribution in [0, 0.1) is 12.8 Å². The Balaban J connectivity index is 1.77. The van der Waals surface area contributed by atoms with Crippen molar-refractivity contribution in [1.82, 2.24) is 13.9 Å². The lowest BCUT2D eigenvalue weighted by Crippen LogP contribution is -2.48. The van der Waals surface area contributed by atoms with E-state index < -0.39 is 10.2 Å². The number of carbonyl (C=O) groups excluding carboxylic acids is 1. The van der Waals surface area contributed by atoms with Crippen molar-refractivity contribution in [3.8, 4) is 0 Å². The second-order valence-corrected chi connectivity index (χ2v) is 9.01. The Hall–Kier alpha value is -1.44. The lowest BCUT2D eigenvalue weighted by atomic mass is 9.99. The average molecular weight is 368 g/mol. The van der Waals surface area contributed by atoms with Crippen LogP contribution in [0.3, 0.4) is 0 Å². The molecule has 1 amide bonds. The number of nitrogens with one attached hydrogen (secondary N) is 1. The monoisotopic (exact) mass is 367 g/mol. The van der Waals surface area contributed by atoms with E-state index in [1.165, 1.54) is 33.8 Å². The molecule has 25 heavy (non-hydrogen) atoms. The average Bonchev–Trinajstić information content (AvgIpc) is 2.60. The summed E-state index contributed by atoms with van der Waals surface area (Å²) < 4.78 is 27.0. The molecule has 2 rings (SSSR count). The van der Waals surface area contributed by atoms with Crippen LogP contribution in [0.1, 0.15) is 30.4 Å². The summed E-state index contributed by atoms with van der Waals surface area (Å²) in [5.74, 6) is -0.301. The fourth-order valence-electron chi connectivity index (χ4n) is 3.00. The first-order chi connectivity index (χ1) is 11.8. The molecule has 1 aliphatic heterocycles. The molecule has 0 saturated carbocycles. The number of hydrogen-bond acceptors (Lipinski definition) is 3. The number of piperidine rings is 1. The zero-order chi connectivity index (χ0) is 18.4. The van der Waals surface area contributed by atoms with Gasteiger partial charge in [0.1, 0.15) is 0 Å². The van der Waals surface area contributed by atoms with Gasteiger partial charge in [-0.15, -0.1) is 0 Å². The minimum absolute atomic E-state index is 0.0393. The van der Waals surface area contributed by atoms with Gasteiger partial charge >= 0.3 is 0 Å². The van der Waals surface area contributed by atoms with Crippen LogP contribution >= 0.6 is 0 Å². The number of nitrogens with zero attached hydrogens (tertiary/aromatic N) is 2. The van der Waals surface area contributed by atoms with Gasteiger partial charge in [-0.3, -0.25) is 4.79 Å². The molecule has 1 atom stereocenters. The minimum atomic E-state index is -3.44. The summed E-state index contributed by atoms with van der Waals surface area (Å²) in [4.78, 5) is 12.4. The summed E-state index contributed by atoms with van der Waals surface area (Å²) in [5, 5.41) is 2.96. The molecule has 0 unspecified atom stereocenters. The number of carbonyl (C=O) groups is 1. The third-order valence-corrected chi connectivity index (χ3v) is 6.51. The van der Waals surface area contributed by atoms with Crippen LogP contribution in [0.25, 0.3) is 0 Å². The smallest absolute Gasteiger partial charge is 0.281 e. The van der Waals surface area contributed by atoms with Crippen molar-refractivity contribution in [2.24, 2.45) is 5.92 Å². The van der Waals surface area contributed by atoms with Crippen molar-refractivity contribution in [1.29, 1.82) is 0 Å². The fraction of sp³-hybridized carbons (Fsp3) is 0.611. The molecule has 0 radical (unpaired) electrons. The first-order valence-corrected chi connectivity index (χ1v) is 10.2. The highest BCUT2D eigenvalue weighted by Crippen LogP contribution is 2.20. The van der Waals surface area contributed by atoms with Crippen LogP contribution in [-0.2, 0) is 21.4 Å². The van der Waals surface area contributed by atoms with Gasteiger partial charge in [0.15, 0.2) is 0 Å². The Morgan fingerprint density at radius 3 is 2.60 bits per heavy atom. The predicted octanol–water partition coefficient (Wildman–Crippen LogP) is 1.56. The standard InChI is InChI=1S/C18H29N3O3S/c1-15-8-10-16(11-9-15)6-4-12-19-18(22)17-7-5-13-21(14-17)25(23,24)20(2)3/h8-11,17H,4-7,12-14H2,1-3H3,(H,19,22)/t17-/m0/s1. The predicted molar refractivity (Wildman–Crippen MR) is 99.4 cm³/mol. The van der Waals surface area contributed by atoms with Crippen LogP contribution in [0.15, 0.2) is 24.3 Å². The van der Waals surface area contributed by atoms with E-state index in [4.69, 9.17) is 0 Å². The van der Waals surface area contributed by atoms with E-state index in [0.29, 0.717) is 19.5 Å². The third kappa shape index (κ3) is 5.52. The van der Waals surface area contributed by atoms with Gasteiger partial charge in [0.2, 0.25) is 5.91 Å². The van der Waals surface area contributed by atoms with Crippen molar-refractivity contribution in [3.05, 3.63) is 35.4 Å². The summed E-state index contributed by atoms with van der Waals surface area (Å²) in [6, 6.07) is 8.41. The maximum Gasteiger partial charge on any atom is 0.281 e. The molecule has 1 N–H and O–H groups in total. The molecule has 1 aliphatic rings. The van der Waals surface area contributed by atoms with E-state index in [1.54, 1.807) is 0 Å². The molecule has 140 valence electrons. The van der Waals surface area contributed by atoms with E-state index in [1.807, 2.05) is 0 Å². The van der Waals surface area contributed by atoms with Crippen molar-refractivity contribution in [3.63, 3.8) is 0 Å². The van der Waals surface area contributed by atoms with Crippen molar-refractivity contribution in [2.45, 2.75) is 32.6 Å². The van der Waals surface area contributed by atoms with Gasteiger partial charge in [0.25, 0.3) is 10.2 Å². The molecular weight excluding hydrogens is 338 g/mol. The van der Waals surface area contributed by atoms with Crippen molar-refractivity contribution in [2.75, 3.05) is 33.7 Å². The molecule has 7 heteroatoms. The summed E-state index contributed by atoms with van der Waals surface area (Å²) in [7, 11) is -0.409. The van der Waals surface area contributed by atoms with Crippen LogP contribution in [0.4, 0.5) is 0 Å². The second-order valence-electron chi connectivity index (χ2n) is 6.87. The lowest BCUT2D eigenvalue weighted by molar-refractivity contribution is -0.126. The van der Waals surface area contributed by atoms with Crippen LogP contribution in [0.5, 0.6) is 0 Å². The first-order valence-electron chi connectivity index (χ1n) is 8.81. The summed E-state index contributed by atoms with van der Waals surface area (Å²) >= 11 is 0. The van der Waals surface area contributed by atoms with Gasteiger partial charge in [-0.25, -0.2) is 0 Å². The molecule has 0 bridgehead atoms. The van der Waals surface area contributed by atoms with Crippen molar-refractivity contribution < 1.29 is 13.2 Å². The summed E-state index contributed by atoms with van der Waals surface area (Å²) in [6.07, 6.45) is 3.26. The van der Waals surface area contributed by atoms with Gasteiger partial charge < -0.3 is 5.32 Å². The number of benzene rings is 1. The quantitative estimate of drug-likeness (QED) is 0.744. The van der Waals surface area contributed by atoms with Gasteiger partial charge in [-0.05, 0) is 38.2 Å². The normalized spacial score (nSPS) is 19.1. The third-order valence-electron chi connectivity index (χ3n) is 4.60. The zero-order valence-electron chi connectivity index (χ0n) is 15.4. The first kappa shape index (κ1) is 19.9. The molecule has 1 aromatic carbocycles. The van der Waals surface area contributed by atoms with E-state index in [2.05, 4.69) is 36.5 Å². The highest BCUT2D eigenvalue weighted by Gasteiger charge is 2.33. The number of hydrogen-bond donors (Lipinski definition) is 1. The van der Waals surface area contributed by atoms with Gasteiger partial charge in [0.05, 0.1) is 5.92 Å². The highest BCUT2D eigenvalue weighted by atomic mass is 32.2. The van der Waals surface area contributed by atoms with E-state index in [0.717, 1.165) is 19.3 Å². The lowest BCUT2D eigenvalue weighted by Gasteiger charge is -2.32. The number of aryl methyl sites for hydroxylation is 2. The molecule has 1 fully saturated rings. The Kier molecular flexibility index (Phi) is 6.98. The maximum atomic E-state index is 12.4. The van der Waals surface area contributed by atoms with Gasteiger partial charge in [-0.1, -0.05) is 29.8 Å². The Labute approximate surface area is 151 Å². The molecule has 1 aromatic rings. The number of amides is 1. The van der Waals surface area contributed by atoms with Gasteiger partial charge in [-0.2, -0.15) is 17.0 Å². The Bertz CT molecular complexity index is 671. The number of rotatable bonds is 7. The van der Waals surface area contributed by atoms with E-state index >= 15 is 0 Å². The van der Waals surface area contributed by atoms with E-state index in [9.17, 15) is 13.2 Å². The topological polar surface area (TPSA) is 69.7 Å². The Morgan fingerprint density at radius 1 is 1.28 bits per heavy atom. The van der Waals surface area contributed by atoms with Crippen molar-refractivity contribution >= 4 is 16.1 Å². The second kappa shape index (κ2) is 8.78. The molecule has 0 spiro atoms. The molecule has 0 aliphatic carbocycles. The van der Waals surface area contributed by atoms with Crippen LogP contribution < -0.4 is 5.32 Å². The summed E-state index contributed by atoms with van der Waals surface area (Å²) in [6.45, 7) is 3.43. The van der Waals surface area contributed by atoms with Crippen LogP contribution in [-0.4, -0.2) is 56.7 Å².